The zero-order valence-electron chi connectivity index (χ0n) is 8.46. The smallest absolute Gasteiger partial charge is 0.221 e. The van der Waals surface area contributed by atoms with Crippen molar-refractivity contribution in [1.82, 2.24) is 15.8 Å². The number of aryl methyl sites for hydroxylation is 1. The normalized spacial score (nSPS) is 10.1. The Hall–Kier alpha value is -1.36. The van der Waals surface area contributed by atoms with E-state index in [9.17, 15) is 4.79 Å². The van der Waals surface area contributed by atoms with Crippen LogP contribution in [0.2, 0.25) is 0 Å². The maximum atomic E-state index is 10.8. The molecule has 0 fully saturated rings. The first-order valence-electron chi connectivity index (χ1n) is 4.56. The predicted octanol–water partition coefficient (Wildman–Crippen LogP) is 0.209. The molecule has 1 aromatic heterocycles. The molecule has 78 valence electrons. The lowest BCUT2D eigenvalue weighted by Gasteiger charge is -2.00. The molecule has 0 bridgehead atoms. The van der Waals surface area contributed by atoms with E-state index >= 15 is 0 Å². The largest absolute Gasteiger partial charge is 0.361 e. The van der Waals surface area contributed by atoms with E-state index in [4.69, 9.17) is 4.52 Å². The summed E-state index contributed by atoms with van der Waals surface area (Å²) in [4.78, 5) is 10.8. The van der Waals surface area contributed by atoms with Crippen molar-refractivity contribution < 1.29 is 9.32 Å². The van der Waals surface area contributed by atoms with Crippen LogP contribution < -0.4 is 10.6 Å². The lowest BCUT2D eigenvalue weighted by molar-refractivity contribution is -0.120. The van der Waals surface area contributed by atoms with Gasteiger partial charge in [-0.1, -0.05) is 5.16 Å². The van der Waals surface area contributed by atoms with E-state index < -0.39 is 0 Å². The van der Waals surface area contributed by atoms with Gasteiger partial charge in [-0.05, 0) is 6.92 Å². The molecule has 1 rings (SSSR count). The molecule has 0 aliphatic heterocycles. The minimum Gasteiger partial charge on any atom is -0.361 e. The zero-order valence-corrected chi connectivity index (χ0v) is 8.46. The van der Waals surface area contributed by atoms with Gasteiger partial charge in [0.15, 0.2) is 0 Å². The number of hydrogen-bond donors (Lipinski definition) is 2. The van der Waals surface area contributed by atoms with E-state index in [2.05, 4.69) is 15.8 Å². The van der Waals surface area contributed by atoms with Crippen LogP contribution in [0.15, 0.2) is 10.6 Å². The third-order valence-corrected chi connectivity index (χ3v) is 1.79. The number of amides is 1. The summed E-state index contributed by atoms with van der Waals surface area (Å²) in [7, 11) is 1.63. The van der Waals surface area contributed by atoms with Crippen molar-refractivity contribution in [3.63, 3.8) is 0 Å². The number of nitrogens with one attached hydrogen (secondary N) is 2. The Labute approximate surface area is 82.8 Å². The van der Waals surface area contributed by atoms with Crippen molar-refractivity contribution in [2.45, 2.75) is 19.9 Å². The van der Waals surface area contributed by atoms with Crippen LogP contribution in [0.3, 0.4) is 0 Å². The van der Waals surface area contributed by atoms with Crippen molar-refractivity contribution in [1.29, 1.82) is 0 Å². The number of aromatic nitrogens is 1. The average molecular weight is 197 g/mol. The van der Waals surface area contributed by atoms with E-state index in [1.807, 2.05) is 13.0 Å². The van der Waals surface area contributed by atoms with E-state index in [0.29, 0.717) is 19.5 Å². The summed E-state index contributed by atoms with van der Waals surface area (Å²) in [5.41, 5.74) is 0.861. The van der Waals surface area contributed by atoms with E-state index in [-0.39, 0.29) is 5.91 Å². The van der Waals surface area contributed by atoms with Crippen LogP contribution in [0.25, 0.3) is 0 Å². The van der Waals surface area contributed by atoms with Crippen LogP contribution in [0, 0.1) is 6.92 Å². The Morgan fingerprint density at radius 1 is 1.64 bits per heavy atom. The standard InChI is InChI=1S/C9H15N3O2/c1-7-5-8(12-14-7)6-11-4-3-9(13)10-2/h5,11H,3-4,6H2,1-2H3,(H,10,13). The first-order valence-corrected chi connectivity index (χ1v) is 4.56. The Bertz CT molecular complexity index is 296. The lowest BCUT2D eigenvalue weighted by atomic mass is 10.3. The molecule has 5 heteroatoms. The first-order chi connectivity index (χ1) is 6.72. The second-order valence-corrected chi connectivity index (χ2v) is 3.03. The number of rotatable bonds is 5. The Morgan fingerprint density at radius 2 is 2.43 bits per heavy atom. The van der Waals surface area contributed by atoms with Crippen LogP contribution in [0.5, 0.6) is 0 Å². The number of nitrogens with zero attached hydrogens (tertiary/aromatic N) is 1. The molecule has 1 heterocycles. The zero-order chi connectivity index (χ0) is 10.4. The molecule has 0 atom stereocenters. The second kappa shape index (κ2) is 5.39. The third kappa shape index (κ3) is 3.57. The highest BCUT2D eigenvalue weighted by Gasteiger charge is 2.00. The molecule has 14 heavy (non-hydrogen) atoms. The molecule has 0 aliphatic rings. The van der Waals surface area contributed by atoms with Gasteiger partial charge in [-0.2, -0.15) is 0 Å². The fourth-order valence-electron chi connectivity index (χ4n) is 1.04. The topological polar surface area (TPSA) is 67.2 Å². The van der Waals surface area contributed by atoms with E-state index in [0.717, 1.165) is 11.5 Å². The van der Waals surface area contributed by atoms with Gasteiger partial charge in [-0.15, -0.1) is 0 Å². The van der Waals surface area contributed by atoms with Gasteiger partial charge in [0.1, 0.15) is 5.76 Å². The van der Waals surface area contributed by atoms with E-state index in [1.165, 1.54) is 0 Å². The molecule has 2 N–H and O–H groups in total. The van der Waals surface area contributed by atoms with Gasteiger partial charge in [-0.3, -0.25) is 4.79 Å². The molecule has 0 saturated heterocycles. The van der Waals surface area contributed by atoms with Crippen molar-refractivity contribution >= 4 is 5.91 Å². The Balaban J connectivity index is 2.13. The Kier molecular flexibility index (Phi) is 4.12. The van der Waals surface area contributed by atoms with Gasteiger partial charge in [0.2, 0.25) is 5.91 Å². The van der Waals surface area contributed by atoms with Crippen LogP contribution in [0.4, 0.5) is 0 Å². The van der Waals surface area contributed by atoms with Crippen molar-refractivity contribution in [2.24, 2.45) is 0 Å². The highest BCUT2D eigenvalue weighted by molar-refractivity contribution is 5.75. The fraction of sp³-hybridized carbons (Fsp3) is 0.556. The van der Waals surface area contributed by atoms with Crippen LogP contribution in [-0.2, 0) is 11.3 Å². The monoisotopic (exact) mass is 197 g/mol. The fourth-order valence-corrected chi connectivity index (χ4v) is 1.04. The third-order valence-electron chi connectivity index (χ3n) is 1.79. The summed E-state index contributed by atoms with van der Waals surface area (Å²) >= 11 is 0. The summed E-state index contributed by atoms with van der Waals surface area (Å²) in [6.07, 6.45) is 0.479. The minimum atomic E-state index is 0.0360. The van der Waals surface area contributed by atoms with Crippen LogP contribution in [-0.4, -0.2) is 24.7 Å². The second-order valence-electron chi connectivity index (χ2n) is 3.03. The van der Waals surface area contributed by atoms with Gasteiger partial charge in [-0.25, -0.2) is 0 Å². The molecule has 1 aromatic rings. The lowest BCUT2D eigenvalue weighted by Crippen LogP contribution is -2.24. The maximum Gasteiger partial charge on any atom is 0.221 e. The minimum absolute atomic E-state index is 0.0360. The van der Waals surface area contributed by atoms with Gasteiger partial charge in [0.05, 0.1) is 5.69 Å². The molecule has 0 saturated carbocycles. The summed E-state index contributed by atoms with van der Waals surface area (Å²) in [5, 5.41) is 9.47. The van der Waals surface area contributed by atoms with Gasteiger partial charge in [0, 0.05) is 32.6 Å². The van der Waals surface area contributed by atoms with Crippen LogP contribution >= 0.6 is 0 Å². The highest BCUT2D eigenvalue weighted by atomic mass is 16.5. The number of carbonyl (C=O) groups is 1. The summed E-state index contributed by atoms with van der Waals surface area (Å²) < 4.78 is 4.89. The van der Waals surface area contributed by atoms with Gasteiger partial charge < -0.3 is 15.2 Å². The summed E-state index contributed by atoms with van der Waals surface area (Å²) in [5.74, 6) is 0.835. The van der Waals surface area contributed by atoms with Crippen molar-refractivity contribution in [2.75, 3.05) is 13.6 Å². The molecule has 0 radical (unpaired) electrons. The molecule has 0 spiro atoms. The van der Waals surface area contributed by atoms with Crippen LogP contribution in [0.1, 0.15) is 17.9 Å². The summed E-state index contributed by atoms with van der Waals surface area (Å²) in [6.45, 7) is 3.13. The molecule has 0 aliphatic carbocycles. The predicted molar refractivity (Wildman–Crippen MR) is 51.6 cm³/mol. The molecule has 5 nitrogen and oxygen atoms in total. The van der Waals surface area contributed by atoms with E-state index in [1.54, 1.807) is 7.05 Å². The maximum absolute atomic E-state index is 10.8. The first kappa shape index (κ1) is 10.7. The number of hydrogen-bond acceptors (Lipinski definition) is 4. The molecular weight excluding hydrogens is 182 g/mol. The summed E-state index contributed by atoms with van der Waals surface area (Å²) in [6, 6.07) is 1.87. The number of carbonyl (C=O) groups excluding carboxylic acids is 1. The van der Waals surface area contributed by atoms with Gasteiger partial charge >= 0.3 is 0 Å². The highest BCUT2D eigenvalue weighted by Crippen LogP contribution is 2.00. The molecule has 0 unspecified atom stereocenters. The van der Waals surface area contributed by atoms with Crippen molar-refractivity contribution in [3.05, 3.63) is 17.5 Å². The quantitative estimate of drug-likeness (QED) is 0.662. The molecule has 1 amide bonds. The SMILES string of the molecule is CNC(=O)CCNCc1cc(C)on1. The van der Waals surface area contributed by atoms with Crippen molar-refractivity contribution in [3.8, 4) is 0 Å². The van der Waals surface area contributed by atoms with Gasteiger partial charge in [0.25, 0.3) is 0 Å². The average Bonchev–Trinajstić information content (AvgIpc) is 2.58. The molecular formula is C9H15N3O2. The molecule has 0 aromatic carbocycles. The Morgan fingerprint density at radius 3 is 3.00 bits per heavy atom.